The molecule has 3 heterocycles. The van der Waals surface area contributed by atoms with Crippen molar-refractivity contribution in [2.75, 3.05) is 4.90 Å². The number of ether oxygens (including phenoxy) is 1. The third kappa shape index (κ3) is 3.36. The Morgan fingerprint density at radius 1 is 1.19 bits per heavy atom. The summed E-state index contributed by atoms with van der Waals surface area (Å²) in [6.07, 6.45) is 0.748. The number of carbonyl (C=O) groups is 2. The van der Waals surface area contributed by atoms with Crippen LogP contribution in [0.5, 0.6) is 5.75 Å². The Labute approximate surface area is 192 Å². The number of hydrogen-bond acceptors (Lipinski definition) is 7. The zero-order valence-corrected chi connectivity index (χ0v) is 18.8. The molecule has 162 valence electrons. The van der Waals surface area contributed by atoms with E-state index in [9.17, 15) is 14.7 Å². The van der Waals surface area contributed by atoms with Crippen LogP contribution in [0.1, 0.15) is 34.7 Å². The van der Waals surface area contributed by atoms with Crippen LogP contribution in [0.15, 0.2) is 48.0 Å². The van der Waals surface area contributed by atoms with Crippen molar-refractivity contribution >= 4 is 45.5 Å². The highest BCUT2D eigenvalue weighted by atomic mass is 35.5. The topological polar surface area (TPSA) is 92.6 Å². The number of Topliss-reactive ketones (excluding diaryl/α,β-unsaturated/α-hetero) is 1. The van der Waals surface area contributed by atoms with Gasteiger partial charge in [0.15, 0.2) is 0 Å². The lowest BCUT2D eigenvalue weighted by Gasteiger charge is -2.22. The molecular formula is C23H18ClN3O4S. The molecule has 0 radical (unpaired) electrons. The number of aliphatic hydroxyl groups excluding tert-OH is 1. The van der Waals surface area contributed by atoms with Crippen LogP contribution in [0.3, 0.4) is 0 Å². The summed E-state index contributed by atoms with van der Waals surface area (Å²) < 4.78 is 5.73. The van der Waals surface area contributed by atoms with E-state index in [0.29, 0.717) is 32.7 Å². The highest BCUT2D eigenvalue weighted by molar-refractivity contribution is 7.15. The summed E-state index contributed by atoms with van der Waals surface area (Å²) >= 11 is 7.25. The second-order valence-corrected chi connectivity index (χ2v) is 9.38. The maximum absolute atomic E-state index is 13.1. The van der Waals surface area contributed by atoms with Crippen LogP contribution in [0.4, 0.5) is 5.13 Å². The Morgan fingerprint density at radius 3 is 2.62 bits per heavy atom. The van der Waals surface area contributed by atoms with Crippen LogP contribution in [0.2, 0.25) is 5.02 Å². The number of benzene rings is 2. The second-order valence-electron chi connectivity index (χ2n) is 7.78. The van der Waals surface area contributed by atoms with Gasteiger partial charge in [-0.05, 0) is 55.3 Å². The fourth-order valence-electron chi connectivity index (χ4n) is 4.10. The van der Waals surface area contributed by atoms with E-state index in [1.807, 2.05) is 6.92 Å². The predicted molar refractivity (Wildman–Crippen MR) is 121 cm³/mol. The van der Waals surface area contributed by atoms with Crippen molar-refractivity contribution in [1.82, 2.24) is 10.2 Å². The molecule has 32 heavy (non-hydrogen) atoms. The first-order valence-corrected chi connectivity index (χ1v) is 11.2. The number of fused-ring (bicyclic) bond motifs is 1. The van der Waals surface area contributed by atoms with Gasteiger partial charge < -0.3 is 9.84 Å². The van der Waals surface area contributed by atoms with Gasteiger partial charge in [0, 0.05) is 17.0 Å². The average Bonchev–Trinajstić information content (AvgIpc) is 3.43. The van der Waals surface area contributed by atoms with E-state index in [2.05, 4.69) is 10.2 Å². The van der Waals surface area contributed by atoms with E-state index >= 15 is 0 Å². The van der Waals surface area contributed by atoms with Crippen molar-refractivity contribution < 1.29 is 19.4 Å². The highest BCUT2D eigenvalue weighted by Gasteiger charge is 2.48. The number of aryl methyl sites for hydroxylation is 1. The van der Waals surface area contributed by atoms with Gasteiger partial charge >= 0.3 is 5.91 Å². The smallest absolute Gasteiger partial charge is 0.301 e. The number of hydrogen-bond donors (Lipinski definition) is 1. The summed E-state index contributed by atoms with van der Waals surface area (Å²) in [5.41, 5.74) is 2.02. The fraction of sp³-hybridized carbons (Fsp3) is 0.217. The van der Waals surface area contributed by atoms with Crippen molar-refractivity contribution in [1.29, 1.82) is 0 Å². The molecule has 2 aromatic carbocycles. The first kappa shape index (κ1) is 20.7. The van der Waals surface area contributed by atoms with E-state index < -0.39 is 17.7 Å². The molecule has 7 nitrogen and oxygen atoms in total. The number of carbonyl (C=O) groups excluding carboxylic acids is 2. The molecule has 0 saturated carbocycles. The zero-order chi connectivity index (χ0) is 22.6. The number of ketones is 1. The van der Waals surface area contributed by atoms with Gasteiger partial charge in [0.2, 0.25) is 5.13 Å². The summed E-state index contributed by atoms with van der Waals surface area (Å²) in [6.45, 7) is 3.73. The minimum atomic E-state index is -0.858. The molecule has 2 atom stereocenters. The number of halogens is 1. The summed E-state index contributed by atoms with van der Waals surface area (Å²) in [5, 5.41) is 20.8. The average molecular weight is 468 g/mol. The van der Waals surface area contributed by atoms with Crippen molar-refractivity contribution in [3.05, 3.63) is 74.8 Å². The number of aromatic nitrogens is 2. The molecule has 1 amide bonds. The SMILES string of the molecule is Cc1nnc(N2C(=O)C(=O)C(=C(O)c3ccc4c(c3)C[C@@H](C)O4)[C@H]2c2ccc(Cl)cc2)s1. The standard InChI is InChI=1S/C23H18ClN3O4S/c1-11-9-15-10-14(5-8-17(15)31-11)20(28)18-19(13-3-6-16(24)7-4-13)27(22(30)21(18)29)23-26-25-12(2)32-23/h3-8,10-11,19,28H,9H2,1-2H3/t11-,19-/m1/s1. The van der Waals surface area contributed by atoms with Gasteiger partial charge in [0.25, 0.3) is 5.78 Å². The Hall–Kier alpha value is -3.23. The van der Waals surface area contributed by atoms with Crippen LogP contribution in [0.25, 0.3) is 5.76 Å². The van der Waals surface area contributed by atoms with Crippen LogP contribution < -0.4 is 9.64 Å². The van der Waals surface area contributed by atoms with E-state index in [-0.39, 0.29) is 17.4 Å². The molecule has 2 aliphatic heterocycles. The van der Waals surface area contributed by atoms with Crippen molar-refractivity contribution in [3.8, 4) is 5.75 Å². The molecule has 1 aromatic heterocycles. The van der Waals surface area contributed by atoms with Crippen molar-refractivity contribution in [2.24, 2.45) is 0 Å². The van der Waals surface area contributed by atoms with E-state index in [0.717, 1.165) is 11.3 Å². The van der Waals surface area contributed by atoms with Crippen LogP contribution in [-0.4, -0.2) is 33.1 Å². The number of anilines is 1. The predicted octanol–water partition coefficient (Wildman–Crippen LogP) is 4.45. The summed E-state index contributed by atoms with van der Waals surface area (Å²) in [7, 11) is 0. The lowest BCUT2D eigenvalue weighted by molar-refractivity contribution is -0.132. The summed E-state index contributed by atoms with van der Waals surface area (Å²) in [5.74, 6) is -1.02. The molecule has 0 aliphatic carbocycles. The minimum Gasteiger partial charge on any atom is -0.507 e. The molecule has 0 bridgehead atoms. The lowest BCUT2D eigenvalue weighted by atomic mass is 9.94. The maximum Gasteiger partial charge on any atom is 0.301 e. The van der Waals surface area contributed by atoms with Crippen LogP contribution >= 0.6 is 22.9 Å². The van der Waals surface area contributed by atoms with Gasteiger partial charge in [0.05, 0.1) is 11.6 Å². The molecule has 1 saturated heterocycles. The lowest BCUT2D eigenvalue weighted by Crippen LogP contribution is -2.29. The van der Waals surface area contributed by atoms with Crippen molar-refractivity contribution in [3.63, 3.8) is 0 Å². The Balaban J connectivity index is 1.68. The van der Waals surface area contributed by atoms with E-state index in [1.165, 1.54) is 16.2 Å². The summed E-state index contributed by atoms with van der Waals surface area (Å²) in [6, 6.07) is 11.2. The fourth-order valence-corrected chi connectivity index (χ4v) is 4.94. The third-order valence-corrected chi connectivity index (χ3v) is 6.61. The van der Waals surface area contributed by atoms with Crippen molar-refractivity contribution in [2.45, 2.75) is 32.4 Å². The van der Waals surface area contributed by atoms with Gasteiger partial charge in [-0.2, -0.15) is 0 Å². The first-order chi connectivity index (χ1) is 15.3. The molecule has 3 aromatic rings. The molecule has 1 fully saturated rings. The third-order valence-electron chi connectivity index (χ3n) is 5.52. The molecule has 5 rings (SSSR count). The molecule has 0 spiro atoms. The number of amides is 1. The monoisotopic (exact) mass is 467 g/mol. The number of rotatable bonds is 3. The molecule has 1 N–H and O–H groups in total. The number of aliphatic hydroxyl groups is 1. The quantitative estimate of drug-likeness (QED) is 0.347. The Morgan fingerprint density at radius 2 is 1.94 bits per heavy atom. The van der Waals surface area contributed by atoms with Gasteiger partial charge in [-0.25, -0.2) is 0 Å². The van der Waals surface area contributed by atoms with E-state index in [1.54, 1.807) is 49.4 Å². The normalized spacial score (nSPS) is 21.7. The summed E-state index contributed by atoms with van der Waals surface area (Å²) in [4.78, 5) is 27.5. The minimum absolute atomic E-state index is 0.00270. The van der Waals surface area contributed by atoms with Gasteiger partial charge in [-0.15, -0.1) is 10.2 Å². The van der Waals surface area contributed by atoms with E-state index in [4.69, 9.17) is 16.3 Å². The largest absolute Gasteiger partial charge is 0.507 e. The zero-order valence-electron chi connectivity index (χ0n) is 17.2. The van der Waals surface area contributed by atoms with Gasteiger partial charge in [0.1, 0.15) is 22.6 Å². The molecule has 9 heteroatoms. The van der Waals surface area contributed by atoms with Crippen LogP contribution in [-0.2, 0) is 16.0 Å². The maximum atomic E-state index is 13.1. The molecule has 0 unspecified atom stereocenters. The van der Waals surface area contributed by atoms with Crippen LogP contribution in [0, 0.1) is 6.92 Å². The first-order valence-electron chi connectivity index (χ1n) is 10.00. The van der Waals surface area contributed by atoms with Gasteiger partial charge in [-0.3, -0.25) is 14.5 Å². The highest BCUT2D eigenvalue weighted by Crippen LogP contribution is 2.43. The second kappa shape index (κ2) is 7.72. The molecule has 2 aliphatic rings. The Kier molecular flexibility index (Phi) is 4.98. The molecular weight excluding hydrogens is 450 g/mol. The van der Waals surface area contributed by atoms with Gasteiger partial charge in [-0.1, -0.05) is 35.1 Å². The number of nitrogens with zero attached hydrogens (tertiary/aromatic N) is 3. The Bertz CT molecular complexity index is 1280.